The first kappa shape index (κ1) is 17.5. The first-order chi connectivity index (χ1) is 12.6. The van der Waals surface area contributed by atoms with Crippen molar-refractivity contribution in [2.75, 3.05) is 0 Å². The van der Waals surface area contributed by atoms with Crippen LogP contribution < -0.4 is 10.2 Å². The smallest absolute Gasteiger partial charge is 0.274 e. The van der Waals surface area contributed by atoms with Gasteiger partial charge in [0.05, 0.1) is 17.5 Å². The minimum absolute atomic E-state index is 0.293. The molecule has 2 aromatic carbocycles. The van der Waals surface area contributed by atoms with Gasteiger partial charge in [0.15, 0.2) is 0 Å². The fourth-order valence-electron chi connectivity index (χ4n) is 2.41. The van der Waals surface area contributed by atoms with Crippen molar-refractivity contribution in [1.29, 1.82) is 0 Å². The largest absolute Gasteiger partial charge is 0.489 e. The Labute approximate surface area is 152 Å². The highest BCUT2D eigenvalue weighted by atomic mass is 16.5. The molecule has 0 aliphatic carbocycles. The number of furan rings is 1. The van der Waals surface area contributed by atoms with Crippen LogP contribution in [0.2, 0.25) is 0 Å². The summed E-state index contributed by atoms with van der Waals surface area (Å²) in [6, 6.07) is 19.2. The van der Waals surface area contributed by atoms with E-state index in [0.29, 0.717) is 23.6 Å². The zero-order valence-electron chi connectivity index (χ0n) is 14.7. The zero-order valence-corrected chi connectivity index (χ0v) is 14.7. The third-order valence-electron chi connectivity index (χ3n) is 3.95. The molecular formula is C21H20N2O3. The van der Waals surface area contributed by atoms with E-state index in [-0.39, 0.29) is 5.91 Å². The van der Waals surface area contributed by atoms with E-state index < -0.39 is 0 Å². The topological polar surface area (TPSA) is 63.8 Å². The molecule has 0 atom stereocenters. The van der Waals surface area contributed by atoms with Gasteiger partial charge < -0.3 is 9.15 Å². The lowest BCUT2D eigenvalue weighted by molar-refractivity contribution is 0.0953. The lowest BCUT2D eigenvalue weighted by Gasteiger charge is -2.07. The number of aryl methyl sites for hydroxylation is 1. The molecule has 0 unspecified atom stereocenters. The molecular weight excluding hydrogens is 328 g/mol. The van der Waals surface area contributed by atoms with Crippen LogP contribution in [0.5, 0.6) is 5.75 Å². The summed E-state index contributed by atoms with van der Waals surface area (Å²) in [6.45, 7) is 4.09. The maximum absolute atomic E-state index is 12.0. The van der Waals surface area contributed by atoms with Crippen LogP contribution in [0.25, 0.3) is 0 Å². The molecule has 132 valence electrons. The Hall–Kier alpha value is -3.34. The van der Waals surface area contributed by atoms with Crippen LogP contribution in [0.4, 0.5) is 0 Å². The molecule has 0 saturated carbocycles. The number of carbonyl (C=O) groups excluding carboxylic acids is 1. The highest BCUT2D eigenvalue weighted by Gasteiger charge is 2.10. The van der Waals surface area contributed by atoms with Crippen molar-refractivity contribution in [2.45, 2.75) is 20.5 Å². The second kappa shape index (κ2) is 8.16. The monoisotopic (exact) mass is 348 g/mol. The van der Waals surface area contributed by atoms with Crippen molar-refractivity contribution in [3.63, 3.8) is 0 Å². The third-order valence-corrected chi connectivity index (χ3v) is 3.95. The van der Waals surface area contributed by atoms with E-state index in [2.05, 4.69) is 10.5 Å². The van der Waals surface area contributed by atoms with Crippen molar-refractivity contribution < 1.29 is 13.9 Å². The van der Waals surface area contributed by atoms with Crippen LogP contribution in [0.15, 0.2) is 76.4 Å². The third kappa shape index (κ3) is 4.39. The molecule has 0 radical (unpaired) electrons. The standard InChI is InChI=1S/C21H20N2O3/c1-15(22-23-21(24)20-12-13-25-16(20)2)18-8-10-19(11-9-18)26-14-17-6-4-3-5-7-17/h3-13H,14H2,1-2H3,(H,23,24)/b22-15-. The van der Waals surface area contributed by atoms with Gasteiger partial charge in [0, 0.05) is 0 Å². The molecule has 0 saturated heterocycles. The maximum Gasteiger partial charge on any atom is 0.274 e. The summed E-state index contributed by atoms with van der Waals surface area (Å²) in [6.07, 6.45) is 1.48. The average molecular weight is 348 g/mol. The summed E-state index contributed by atoms with van der Waals surface area (Å²) < 4.78 is 10.9. The zero-order chi connectivity index (χ0) is 18.4. The van der Waals surface area contributed by atoms with E-state index in [1.165, 1.54) is 6.26 Å². The molecule has 5 heteroatoms. The Kier molecular flexibility index (Phi) is 5.49. The highest BCUT2D eigenvalue weighted by Crippen LogP contribution is 2.15. The summed E-state index contributed by atoms with van der Waals surface area (Å²) >= 11 is 0. The van der Waals surface area contributed by atoms with Crippen molar-refractivity contribution in [2.24, 2.45) is 5.10 Å². The fourth-order valence-corrected chi connectivity index (χ4v) is 2.41. The maximum atomic E-state index is 12.0. The normalized spacial score (nSPS) is 11.2. The number of nitrogens with zero attached hydrogens (tertiary/aromatic N) is 1. The van der Waals surface area contributed by atoms with Crippen molar-refractivity contribution >= 4 is 11.6 Å². The van der Waals surface area contributed by atoms with E-state index in [9.17, 15) is 4.79 Å². The molecule has 1 heterocycles. The number of nitrogens with one attached hydrogen (secondary N) is 1. The quantitative estimate of drug-likeness (QED) is 0.533. The minimum Gasteiger partial charge on any atom is -0.489 e. The van der Waals surface area contributed by atoms with E-state index >= 15 is 0 Å². The first-order valence-electron chi connectivity index (χ1n) is 8.29. The SMILES string of the molecule is C/C(=N/NC(=O)c1ccoc1C)c1ccc(OCc2ccccc2)cc1. The Morgan fingerprint density at radius 3 is 2.46 bits per heavy atom. The molecule has 1 amide bonds. The van der Waals surface area contributed by atoms with Crippen LogP contribution in [0, 0.1) is 6.92 Å². The second-order valence-electron chi connectivity index (χ2n) is 5.83. The molecule has 0 fully saturated rings. The molecule has 3 rings (SSSR count). The molecule has 26 heavy (non-hydrogen) atoms. The Morgan fingerprint density at radius 2 is 1.81 bits per heavy atom. The van der Waals surface area contributed by atoms with Crippen molar-refractivity contribution in [1.82, 2.24) is 5.43 Å². The van der Waals surface area contributed by atoms with Gasteiger partial charge in [-0.25, -0.2) is 5.43 Å². The Balaban J connectivity index is 1.58. The number of rotatable bonds is 6. The van der Waals surface area contributed by atoms with Crippen LogP contribution in [-0.2, 0) is 6.61 Å². The number of benzene rings is 2. The number of carbonyl (C=O) groups is 1. The summed E-state index contributed by atoms with van der Waals surface area (Å²) in [4.78, 5) is 12.0. The van der Waals surface area contributed by atoms with E-state index in [1.54, 1.807) is 13.0 Å². The van der Waals surface area contributed by atoms with Crippen LogP contribution in [-0.4, -0.2) is 11.6 Å². The fraction of sp³-hybridized carbons (Fsp3) is 0.143. The summed E-state index contributed by atoms with van der Waals surface area (Å²) in [5.41, 5.74) is 5.75. The van der Waals surface area contributed by atoms with Crippen molar-refractivity contribution in [3.8, 4) is 5.75 Å². The molecule has 0 spiro atoms. The lowest BCUT2D eigenvalue weighted by atomic mass is 10.1. The number of hydrogen-bond acceptors (Lipinski definition) is 4. The van der Waals surface area contributed by atoms with Gasteiger partial charge in [-0.3, -0.25) is 4.79 Å². The highest BCUT2D eigenvalue weighted by molar-refractivity contribution is 6.01. The number of amides is 1. The Morgan fingerprint density at radius 1 is 1.08 bits per heavy atom. The van der Waals surface area contributed by atoms with Crippen LogP contribution in [0.1, 0.15) is 34.2 Å². The molecule has 3 aromatic rings. The second-order valence-corrected chi connectivity index (χ2v) is 5.83. The molecule has 0 aliphatic rings. The van der Waals surface area contributed by atoms with Gasteiger partial charge in [0.25, 0.3) is 5.91 Å². The van der Waals surface area contributed by atoms with E-state index in [4.69, 9.17) is 9.15 Å². The van der Waals surface area contributed by atoms with E-state index in [0.717, 1.165) is 16.9 Å². The Bertz CT molecular complexity index is 897. The van der Waals surface area contributed by atoms with Crippen LogP contribution >= 0.6 is 0 Å². The molecule has 0 bridgehead atoms. The van der Waals surface area contributed by atoms with Crippen LogP contribution in [0.3, 0.4) is 0 Å². The predicted molar refractivity (Wildman–Crippen MR) is 100 cm³/mol. The summed E-state index contributed by atoms with van der Waals surface area (Å²) in [5, 5.41) is 4.15. The summed E-state index contributed by atoms with van der Waals surface area (Å²) in [5.74, 6) is 1.05. The van der Waals surface area contributed by atoms with Gasteiger partial charge in [-0.15, -0.1) is 0 Å². The number of hydrogen-bond donors (Lipinski definition) is 1. The first-order valence-corrected chi connectivity index (χ1v) is 8.29. The predicted octanol–water partition coefficient (Wildman–Crippen LogP) is 4.32. The number of hydrazone groups is 1. The van der Waals surface area contributed by atoms with Gasteiger partial charge in [-0.05, 0) is 55.3 Å². The lowest BCUT2D eigenvalue weighted by Crippen LogP contribution is -2.19. The van der Waals surface area contributed by atoms with E-state index in [1.807, 2.05) is 61.5 Å². The van der Waals surface area contributed by atoms with Gasteiger partial charge in [0.2, 0.25) is 0 Å². The molecule has 5 nitrogen and oxygen atoms in total. The molecule has 0 aliphatic heterocycles. The molecule has 1 aromatic heterocycles. The minimum atomic E-state index is -0.293. The summed E-state index contributed by atoms with van der Waals surface area (Å²) in [7, 11) is 0. The van der Waals surface area contributed by atoms with Gasteiger partial charge >= 0.3 is 0 Å². The van der Waals surface area contributed by atoms with Crippen molar-refractivity contribution in [3.05, 3.63) is 89.4 Å². The van der Waals surface area contributed by atoms with Gasteiger partial charge in [-0.1, -0.05) is 30.3 Å². The van der Waals surface area contributed by atoms with Gasteiger partial charge in [0.1, 0.15) is 18.1 Å². The average Bonchev–Trinajstić information content (AvgIpc) is 3.11. The number of ether oxygens (including phenoxy) is 1. The molecule has 1 N–H and O–H groups in total. The van der Waals surface area contributed by atoms with Gasteiger partial charge in [-0.2, -0.15) is 5.10 Å².